The molecule has 0 unspecified atom stereocenters. The van der Waals surface area contributed by atoms with Gasteiger partial charge in [-0.15, -0.1) is 0 Å². The molecule has 206 valence electrons. The lowest BCUT2D eigenvalue weighted by molar-refractivity contribution is -0.138. The minimum absolute atomic E-state index is 0.0302. The lowest BCUT2D eigenvalue weighted by Gasteiger charge is -2.18. The van der Waals surface area contributed by atoms with Crippen LogP contribution in [0.5, 0.6) is 0 Å². The standard InChI is InChI=1S/C25H20F7N5O2/c1-13(35-19-12-34-36-22(38)20(19)25(30,31)32)3-2-9-37-10-8-15-16(23(37)39)5-6-17(21(15)26)18-7-4-14(11-33-18)24(27,28)29/h4-8,10-13H,2-3,9H2,1H3,(H2,35,36,38)/t13-/m0/s1. The number of benzene rings is 1. The summed E-state index contributed by atoms with van der Waals surface area (Å²) >= 11 is 0. The summed E-state index contributed by atoms with van der Waals surface area (Å²) in [6, 6.07) is 5.30. The lowest BCUT2D eigenvalue weighted by Crippen LogP contribution is -2.27. The van der Waals surface area contributed by atoms with Crippen molar-refractivity contribution in [2.45, 2.75) is 44.7 Å². The van der Waals surface area contributed by atoms with E-state index in [1.54, 1.807) is 12.0 Å². The van der Waals surface area contributed by atoms with Gasteiger partial charge >= 0.3 is 12.4 Å². The molecule has 4 aromatic rings. The SMILES string of the molecule is C[C@@H](CCCn1ccc2c(F)c(-c3ccc(C(F)(F)F)cn3)ccc2c1=O)Nc1cn[nH]c(=O)c1C(F)(F)F. The Morgan fingerprint density at radius 2 is 1.72 bits per heavy atom. The summed E-state index contributed by atoms with van der Waals surface area (Å²) in [6.45, 7) is 1.78. The van der Waals surface area contributed by atoms with Crippen molar-refractivity contribution in [3.8, 4) is 11.3 Å². The van der Waals surface area contributed by atoms with E-state index in [-0.39, 0.29) is 28.6 Å². The van der Waals surface area contributed by atoms with Crippen molar-refractivity contribution in [1.82, 2.24) is 19.7 Å². The smallest absolute Gasteiger partial charge is 0.381 e. The quantitative estimate of drug-likeness (QED) is 0.290. The molecule has 1 aromatic carbocycles. The van der Waals surface area contributed by atoms with Crippen molar-refractivity contribution >= 4 is 16.5 Å². The van der Waals surface area contributed by atoms with Gasteiger partial charge in [-0.2, -0.15) is 31.4 Å². The zero-order chi connectivity index (χ0) is 28.5. The molecule has 39 heavy (non-hydrogen) atoms. The summed E-state index contributed by atoms with van der Waals surface area (Å²) in [4.78, 5) is 28.2. The minimum Gasteiger partial charge on any atom is -0.381 e. The molecule has 7 nitrogen and oxygen atoms in total. The Kier molecular flexibility index (Phi) is 7.48. The largest absolute Gasteiger partial charge is 0.423 e. The molecule has 14 heteroatoms. The molecule has 0 bridgehead atoms. The van der Waals surface area contributed by atoms with Crippen LogP contribution >= 0.6 is 0 Å². The number of nitrogens with zero attached hydrogens (tertiary/aromatic N) is 3. The summed E-state index contributed by atoms with van der Waals surface area (Å²) in [5.74, 6) is -0.811. The first kappa shape index (κ1) is 27.8. The molecular weight excluding hydrogens is 535 g/mol. The van der Waals surface area contributed by atoms with Gasteiger partial charge in [0.15, 0.2) is 0 Å². The van der Waals surface area contributed by atoms with E-state index >= 15 is 4.39 Å². The normalized spacial score (nSPS) is 13.0. The Labute approximate surface area is 215 Å². The van der Waals surface area contributed by atoms with Crippen molar-refractivity contribution in [1.29, 1.82) is 0 Å². The monoisotopic (exact) mass is 555 g/mol. The molecule has 3 aromatic heterocycles. The van der Waals surface area contributed by atoms with Gasteiger partial charge in [-0.25, -0.2) is 9.49 Å². The van der Waals surface area contributed by atoms with Gasteiger partial charge in [0.2, 0.25) is 0 Å². The topological polar surface area (TPSA) is 92.7 Å². The van der Waals surface area contributed by atoms with Gasteiger partial charge in [0, 0.05) is 35.9 Å². The van der Waals surface area contributed by atoms with E-state index in [2.05, 4.69) is 15.4 Å². The number of hydrogen-bond acceptors (Lipinski definition) is 5. The fourth-order valence-electron chi connectivity index (χ4n) is 4.12. The molecule has 0 fully saturated rings. The van der Waals surface area contributed by atoms with E-state index in [1.165, 1.54) is 29.0 Å². The number of H-pyrrole nitrogens is 1. The van der Waals surface area contributed by atoms with Crippen LogP contribution < -0.4 is 16.4 Å². The third-order valence-electron chi connectivity index (χ3n) is 6.04. The number of anilines is 1. The van der Waals surface area contributed by atoms with Gasteiger partial charge in [0.25, 0.3) is 11.1 Å². The maximum Gasteiger partial charge on any atom is 0.423 e. The van der Waals surface area contributed by atoms with E-state index in [0.29, 0.717) is 19.0 Å². The van der Waals surface area contributed by atoms with Gasteiger partial charge in [-0.05, 0) is 50.1 Å². The molecule has 3 heterocycles. The van der Waals surface area contributed by atoms with E-state index in [1.807, 2.05) is 0 Å². The molecule has 0 aliphatic rings. The van der Waals surface area contributed by atoms with Crippen molar-refractivity contribution in [3.05, 3.63) is 86.6 Å². The van der Waals surface area contributed by atoms with Crippen LogP contribution in [-0.2, 0) is 18.9 Å². The Morgan fingerprint density at radius 3 is 2.36 bits per heavy atom. The summed E-state index contributed by atoms with van der Waals surface area (Å²) in [5, 5.41) is 7.78. The van der Waals surface area contributed by atoms with Crippen molar-refractivity contribution in [2.75, 3.05) is 5.32 Å². The Morgan fingerprint density at radius 1 is 0.974 bits per heavy atom. The van der Waals surface area contributed by atoms with E-state index in [9.17, 15) is 35.9 Å². The third-order valence-corrected chi connectivity index (χ3v) is 6.04. The average Bonchev–Trinajstić information content (AvgIpc) is 2.84. The zero-order valence-electron chi connectivity index (χ0n) is 20.1. The van der Waals surface area contributed by atoms with Gasteiger partial charge in [-0.1, -0.05) is 0 Å². The first-order chi connectivity index (χ1) is 18.3. The number of aromatic amines is 1. The molecule has 2 N–H and O–H groups in total. The van der Waals surface area contributed by atoms with Crippen LogP contribution in [0.3, 0.4) is 0 Å². The molecule has 0 amide bonds. The van der Waals surface area contributed by atoms with Gasteiger partial charge in [0.1, 0.15) is 11.4 Å². The molecule has 0 saturated carbocycles. The summed E-state index contributed by atoms with van der Waals surface area (Å²) in [5.41, 5.74) is -4.81. The van der Waals surface area contributed by atoms with Crippen LogP contribution in [0.2, 0.25) is 0 Å². The number of aryl methyl sites for hydroxylation is 1. The second kappa shape index (κ2) is 10.5. The summed E-state index contributed by atoms with van der Waals surface area (Å²) in [6.07, 6.45) is -5.96. The molecule has 0 saturated heterocycles. The lowest BCUT2D eigenvalue weighted by atomic mass is 10.0. The highest BCUT2D eigenvalue weighted by atomic mass is 19.4. The number of pyridine rings is 2. The number of aromatic nitrogens is 4. The van der Waals surface area contributed by atoms with Crippen molar-refractivity contribution in [3.63, 3.8) is 0 Å². The Balaban J connectivity index is 1.48. The van der Waals surface area contributed by atoms with Crippen LogP contribution in [0.1, 0.15) is 30.9 Å². The van der Waals surface area contributed by atoms with Crippen LogP contribution in [0.4, 0.5) is 36.4 Å². The van der Waals surface area contributed by atoms with E-state index in [4.69, 9.17) is 0 Å². The maximum absolute atomic E-state index is 15.2. The highest BCUT2D eigenvalue weighted by Crippen LogP contribution is 2.33. The van der Waals surface area contributed by atoms with Gasteiger partial charge < -0.3 is 9.88 Å². The molecule has 0 radical (unpaired) electrons. The number of halogens is 7. The molecule has 4 rings (SSSR count). The average molecular weight is 555 g/mol. The second-order valence-electron chi connectivity index (χ2n) is 8.81. The molecule has 0 spiro atoms. The first-order valence-electron chi connectivity index (χ1n) is 11.5. The number of fused-ring (bicyclic) bond motifs is 1. The number of rotatable bonds is 7. The van der Waals surface area contributed by atoms with Crippen LogP contribution in [0.25, 0.3) is 22.0 Å². The highest BCUT2D eigenvalue weighted by Gasteiger charge is 2.37. The third kappa shape index (κ3) is 5.94. The summed E-state index contributed by atoms with van der Waals surface area (Å²) in [7, 11) is 0. The zero-order valence-corrected chi connectivity index (χ0v) is 20.1. The van der Waals surface area contributed by atoms with Crippen LogP contribution in [0, 0.1) is 5.82 Å². The molecular formula is C25H20F7N5O2. The number of nitrogens with one attached hydrogen (secondary N) is 2. The predicted molar refractivity (Wildman–Crippen MR) is 129 cm³/mol. The van der Waals surface area contributed by atoms with Crippen molar-refractivity contribution in [2.24, 2.45) is 0 Å². The van der Waals surface area contributed by atoms with Gasteiger partial charge in [0.05, 0.1) is 28.5 Å². The van der Waals surface area contributed by atoms with E-state index < -0.39 is 52.1 Å². The van der Waals surface area contributed by atoms with Crippen LogP contribution in [-0.4, -0.2) is 25.8 Å². The molecule has 0 aliphatic heterocycles. The highest BCUT2D eigenvalue weighted by molar-refractivity contribution is 5.87. The summed E-state index contributed by atoms with van der Waals surface area (Å²) < 4.78 is 94.5. The molecule has 0 aliphatic carbocycles. The molecule has 1 atom stereocenters. The second-order valence-corrected chi connectivity index (χ2v) is 8.81. The maximum atomic E-state index is 15.2. The number of hydrogen-bond donors (Lipinski definition) is 2. The van der Waals surface area contributed by atoms with Gasteiger partial charge in [-0.3, -0.25) is 14.6 Å². The fourth-order valence-corrected chi connectivity index (χ4v) is 4.12. The Hall–Kier alpha value is -4.23. The Bertz CT molecular complexity index is 1610. The first-order valence-corrected chi connectivity index (χ1v) is 11.5. The fraction of sp³-hybridized carbons (Fsp3) is 0.280. The number of alkyl halides is 6. The van der Waals surface area contributed by atoms with E-state index in [0.717, 1.165) is 18.3 Å². The minimum atomic E-state index is -4.88. The van der Waals surface area contributed by atoms with Crippen molar-refractivity contribution < 1.29 is 30.7 Å². The van der Waals surface area contributed by atoms with Crippen LogP contribution in [0.15, 0.2) is 58.5 Å². The predicted octanol–water partition coefficient (Wildman–Crippen LogP) is 5.60.